The van der Waals surface area contributed by atoms with E-state index in [-0.39, 0.29) is 5.41 Å². The standard InChI is InChI=1S/C11H25N2O2P/c1-6-12(7-2)16(14)13(8-3)9-11(4,5)10-15-16/h6-10H2,1-5H3. The monoisotopic (exact) mass is 248 g/mol. The molecule has 5 heteroatoms. The van der Waals surface area contributed by atoms with Gasteiger partial charge in [-0.1, -0.05) is 34.6 Å². The molecule has 16 heavy (non-hydrogen) atoms. The lowest BCUT2D eigenvalue weighted by Gasteiger charge is -2.45. The summed E-state index contributed by atoms with van der Waals surface area (Å²) in [5, 5.41) is 0. The summed E-state index contributed by atoms with van der Waals surface area (Å²) in [5.41, 5.74) is 0.0943. The van der Waals surface area contributed by atoms with Crippen LogP contribution in [0.2, 0.25) is 0 Å². The van der Waals surface area contributed by atoms with Crippen LogP contribution < -0.4 is 0 Å². The highest BCUT2D eigenvalue weighted by Crippen LogP contribution is 2.58. The molecule has 1 aliphatic heterocycles. The van der Waals surface area contributed by atoms with E-state index in [0.29, 0.717) is 6.61 Å². The van der Waals surface area contributed by atoms with Crippen LogP contribution in [0.4, 0.5) is 0 Å². The van der Waals surface area contributed by atoms with Crippen LogP contribution in [-0.2, 0) is 9.09 Å². The Morgan fingerprint density at radius 2 is 1.88 bits per heavy atom. The number of nitrogens with zero attached hydrogens (tertiary/aromatic N) is 2. The highest BCUT2D eigenvalue weighted by atomic mass is 31.2. The van der Waals surface area contributed by atoms with E-state index < -0.39 is 7.67 Å². The predicted molar refractivity (Wildman–Crippen MR) is 67.5 cm³/mol. The molecule has 0 aromatic heterocycles. The Balaban J connectivity index is 2.91. The normalized spacial score (nSPS) is 30.9. The van der Waals surface area contributed by atoms with Crippen molar-refractivity contribution in [1.82, 2.24) is 9.34 Å². The summed E-state index contributed by atoms with van der Waals surface area (Å²) in [6, 6.07) is 0. The third-order valence-corrected chi connectivity index (χ3v) is 5.93. The average Bonchev–Trinajstić information content (AvgIpc) is 2.24. The first-order chi connectivity index (χ1) is 7.39. The van der Waals surface area contributed by atoms with E-state index in [9.17, 15) is 4.57 Å². The Morgan fingerprint density at radius 3 is 2.31 bits per heavy atom. The van der Waals surface area contributed by atoms with Crippen molar-refractivity contribution in [3.05, 3.63) is 0 Å². The lowest BCUT2D eigenvalue weighted by Crippen LogP contribution is -2.45. The minimum atomic E-state index is -2.75. The van der Waals surface area contributed by atoms with Crippen molar-refractivity contribution in [3.63, 3.8) is 0 Å². The van der Waals surface area contributed by atoms with Crippen LogP contribution >= 0.6 is 7.67 Å². The highest BCUT2D eigenvalue weighted by Gasteiger charge is 2.44. The van der Waals surface area contributed by atoms with Gasteiger partial charge in [-0.25, -0.2) is 9.34 Å². The summed E-state index contributed by atoms with van der Waals surface area (Å²) >= 11 is 0. The Hall–Kier alpha value is 0.110. The van der Waals surface area contributed by atoms with Gasteiger partial charge in [0.15, 0.2) is 0 Å². The quantitative estimate of drug-likeness (QED) is 0.716. The molecule has 0 aliphatic carbocycles. The predicted octanol–water partition coefficient (Wildman–Crippen LogP) is 2.81. The number of rotatable bonds is 4. The molecule has 1 aliphatic rings. The smallest absolute Gasteiger partial charge is 0.305 e. The molecule has 1 unspecified atom stereocenters. The summed E-state index contributed by atoms with van der Waals surface area (Å²) in [4.78, 5) is 0. The summed E-state index contributed by atoms with van der Waals surface area (Å²) in [7, 11) is -2.75. The molecule has 0 spiro atoms. The first-order valence-corrected chi connectivity index (χ1v) is 7.68. The first-order valence-electron chi connectivity index (χ1n) is 6.15. The molecule has 0 N–H and O–H groups in total. The molecule has 0 radical (unpaired) electrons. The summed E-state index contributed by atoms with van der Waals surface area (Å²) < 4.78 is 22.6. The van der Waals surface area contributed by atoms with Gasteiger partial charge < -0.3 is 4.52 Å². The molecular formula is C11H25N2O2P. The fourth-order valence-corrected chi connectivity index (χ4v) is 4.94. The van der Waals surface area contributed by atoms with Gasteiger partial charge in [0.05, 0.1) is 6.61 Å². The van der Waals surface area contributed by atoms with Crippen LogP contribution in [0.1, 0.15) is 34.6 Å². The molecule has 0 aromatic carbocycles. The van der Waals surface area contributed by atoms with E-state index in [1.807, 2.05) is 30.1 Å². The highest BCUT2D eigenvalue weighted by molar-refractivity contribution is 7.54. The van der Waals surface area contributed by atoms with Crippen molar-refractivity contribution in [3.8, 4) is 0 Å². The molecule has 4 nitrogen and oxygen atoms in total. The minimum absolute atomic E-state index is 0.0943. The van der Waals surface area contributed by atoms with Gasteiger partial charge in [-0.2, -0.15) is 0 Å². The summed E-state index contributed by atoms with van der Waals surface area (Å²) in [6.45, 7) is 14.1. The molecule has 0 amide bonds. The fraction of sp³-hybridized carbons (Fsp3) is 1.00. The molecule has 1 heterocycles. The third kappa shape index (κ3) is 2.67. The van der Waals surface area contributed by atoms with Gasteiger partial charge in [-0.3, -0.25) is 4.57 Å². The van der Waals surface area contributed by atoms with Crippen molar-refractivity contribution in [2.45, 2.75) is 34.6 Å². The lowest BCUT2D eigenvalue weighted by atomic mass is 9.95. The Labute approximate surface area is 99.5 Å². The van der Waals surface area contributed by atoms with Gasteiger partial charge in [-0.05, 0) is 0 Å². The maximum Gasteiger partial charge on any atom is 0.346 e. The molecule has 0 aromatic rings. The fourth-order valence-electron chi connectivity index (χ4n) is 2.10. The van der Waals surface area contributed by atoms with E-state index in [1.165, 1.54) is 0 Å². The zero-order chi connectivity index (χ0) is 12.4. The van der Waals surface area contributed by atoms with Gasteiger partial charge in [0.25, 0.3) is 0 Å². The van der Waals surface area contributed by atoms with E-state index in [4.69, 9.17) is 4.52 Å². The largest absolute Gasteiger partial charge is 0.346 e. The van der Waals surface area contributed by atoms with Gasteiger partial charge in [0.1, 0.15) is 0 Å². The van der Waals surface area contributed by atoms with E-state index in [1.54, 1.807) is 0 Å². The maximum atomic E-state index is 12.9. The van der Waals surface area contributed by atoms with Gasteiger partial charge in [0.2, 0.25) is 0 Å². The van der Waals surface area contributed by atoms with Gasteiger partial charge in [0, 0.05) is 31.6 Å². The Morgan fingerprint density at radius 1 is 1.31 bits per heavy atom. The molecule has 1 saturated heterocycles. The molecule has 1 atom stereocenters. The van der Waals surface area contributed by atoms with Gasteiger partial charge >= 0.3 is 7.67 Å². The second-order valence-electron chi connectivity index (χ2n) is 5.05. The van der Waals surface area contributed by atoms with Crippen LogP contribution in [0.15, 0.2) is 0 Å². The van der Waals surface area contributed by atoms with Crippen LogP contribution in [0.25, 0.3) is 0 Å². The van der Waals surface area contributed by atoms with Crippen LogP contribution in [0.3, 0.4) is 0 Å². The van der Waals surface area contributed by atoms with Crippen LogP contribution in [0, 0.1) is 5.41 Å². The topological polar surface area (TPSA) is 32.8 Å². The van der Waals surface area contributed by atoms with Gasteiger partial charge in [-0.15, -0.1) is 0 Å². The third-order valence-electron chi connectivity index (χ3n) is 3.04. The van der Waals surface area contributed by atoms with E-state index in [0.717, 1.165) is 26.2 Å². The zero-order valence-corrected chi connectivity index (χ0v) is 12.1. The van der Waals surface area contributed by atoms with Crippen molar-refractivity contribution >= 4 is 7.67 Å². The van der Waals surface area contributed by atoms with Crippen LogP contribution in [0.5, 0.6) is 0 Å². The number of hydrogen-bond donors (Lipinski definition) is 0. The Kier molecular flexibility index (Phi) is 4.58. The number of hydrogen-bond acceptors (Lipinski definition) is 2. The Bertz CT molecular complexity index is 277. The molecule has 0 bridgehead atoms. The summed E-state index contributed by atoms with van der Waals surface area (Å²) in [6.07, 6.45) is 0. The molecule has 1 rings (SSSR count). The first kappa shape index (κ1) is 14.2. The van der Waals surface area contributed by atoms with Crippen molar-refractivity contribution < 1.29 is 9.09 Å². The second kappa shape index (κ2) is 5.18. The lowest BCUT2D eigenvalue weighted by molar-refractivity contribution is 0.0759. The molecule has 1 fully saturated rings. The minimum Gasteiger partial charge on any atom is -0.305 e. The maximum absolute atomic E-state index is 12.9. The van der Waals surface area contributed by atoms with E-state index >= 15 is 0 Å². The summed E-state index contributed by atoms with van der Waals surface area (Å²) in [5.74, 6) is 0. The molecule has 96 valence electrons. The molecule has 0 saturated carbocycles. The van der Waals surface area contributed by atoms with Crippen molar-refractivity contribution in [2.24, 2.45) is 5.41 Å². The van der Waals surface area contributed by atoms with E-state index in [2.05, 4.69) is 13.8 Å². The van der Waals surface area contributed by atoms with Crippen LogP contribution in [-0.4, -0.2) is 42.1 Å². The van der Waals surface area contributed by atoms with Crippen molar-refractivity contribution in [2.75, 3.05) is 32.8 Å². The average molecular weight is 248 g/mol. The zero-order valence-electron chi connectivity index (χ0n) is 11.2. The molecular weight excluding hydrogens is 223 g/mol. The second-order valence-corrected chi connectivity index (χ2v) is 7.42. The van der Waals surface area contributed by atoms with Crippen molar-refractivity contribution in [1.29, 1.82) is 0 Å². The SMILES string of the molecule is CCN(CC)P1(=O)OCC(C)(C)CN1CC.